The van der Waals surface area contributed by atoms with Crippen LogP contribution in [0, 0.1) is 27.7 Å². The molecule has 2 rings (SSSR count). The van der Waals surface area contributed by atoms with Crippen LogP contribution in [0.5, 0.6) is 0 Å². The first-order valence-corrected chi connectivity index (χ1v) is 5.11. The summed E-state index contributed by atoms with van der Waals surface area (Å²) in [6.45, 7) is 7.45. The SMILES string of the molecule is Cc1nc(C)c(N(C)c2oc(C)nc2C)o1. The zero-order valence-corrected chi connectivity index (χ0v) is 10.2. The van der Waals surface area contributed by atoms with Crippen LogP contribution < -0.4 is 4.90 Å². The Morgan fingerprint density at radius 3 is 1.44 bits per heavy atom. The van der Waals surface area contributed by atoms with Crippen molar-refractivity contribution >= 4 is 11.8 Å². The van der Waals surface area contributed by atoms with E-state index in [4.69, 9.17) is 8.83 Å². The van der Waals surface area contributed by atoms with Crippen LogP contribution in [0.3, 0.4) is 0 Å². The van der Waals surface area contributed by atoms with E-state index < -0.39 is 0 Å². The molecule has 0 aromatic carbocycles. The minimum Gasteiger partial charge on any atom is -0.425 e. The van der Waals surface area contributed by atoms with Crippen LogP contribution in [-0.4, -0.2) is 17.0 Å². The molecule has 0 aliphatic carbocycles. The lowest BCUT2D eigenvalue weighted by molar-refractivity contribution is 0.494. The van der Waals surface area contributed by atoms with E-state index in [1.165, 1.54) is 0 Å². The van der Waals surface area contributed by atoms with Gasteiger partial charge >= 0.3 is 0 Å². The second-order valence-corrected chi connectivity index (χ2v) is 3.81. The summed E-state index contributed by atoms with van der Waals surface area (Å²) < 4.78 is 11.0. The fourth-order valence-corrected chi connectivity index (χ4v) is 1.76. The highest BCUT2D eigenvalue weighted by atomic mass is 16.4. The van der Waals surface area contributed by atoms with Crippen LogP contribution in [-0.2, 0) is 0 Å². The molecule has 5 heteroatoms. The first-order chi connectivity index (χ1) is 7.49. The maximum atomic E-state index is 5.52. The van der Waals surface area contributed by atoms with Gasteiger partial charge in [-0.3, -0.25) is 4.90 Å². The second-order valence-electron chi connectivity index (χ2n) is 3.81. The molecule has 5 nitrogen and oxygen atoms in total. The van der Waals surface area contributed by atoms with Gasteiger partial charge in [0, 0.05) is 20.9 Å². The Morgan fingerprint density at radius 1 is 0.812 bits per heavy atom. The lowest BCUT2D eigenvalue weighted by atomic mass is 10.4. The van der Waals surface area contributed by atoms with E-state index in [-0.39, 0.29) is 0 Å². The van der Waals surface area contributed by atoms with Crippen molar-refractivity contribution in [1.29, 1.82) is 0 Å². The lowest BCUT2D eigenvalue weighted by Crippen LogP contribution is -2.10. The smallest absolute Gasteiger partial charge is 0.225 e. The van der Waals surface area contributed by atoms with E-state index in [1.807, 2.05) is 39.6 Å². The molecule has 0 unspecified atom stereocenters. The van der Waals surface area contributed by atoms with Crippen molar-refractivity contribution < 1.29 is 8.83 Å². The summed E-state index contributed by atoms with van der Waals surface area (Å²) in [4.78, 5) is 10.3. The summed E-state index contributed by atoms with van der Waals surface area (Å²) in [5, 5.41) is 0. The second kappa shape index (κ2) is 3.66. The van der Waals surface area contributed by atoms with Gasteiger partial charge in [0.1, 0.15) is 11.4 Å². The predicted octanol–water partition coefficient (Wildman–Crippen LogP) is 2.66. The van der Waals surface area contributed by atoms with Gasteiger partial charge in [-0.15, -0.1) is 0 Å². The first-order valence-electron chi connectivity index (χ1n) is 5.11. The van der Waals surface area contributed by atoms with Gasteiger partial charge in [-0.05, 0) is 13.8 Å². The van der Waals surface area contributed by atoms with Gasteiger partial charge in [-0.2, -0.15) is 0 Å². The van der Waals surface area contributed by atoms with E-state index in [2.05, 4.69) is 9.97 Å². The van der Waals surface area contributed by atoms with Crippen LogP contribution >= 0.6 is 0 Å². The molecule has 0 spiro atoms. The third-order valence-corrected chi connectivity index (χ3v) is 2.37. The Bertz CT molecular complexity index is 467. The van der Waals surface area contributed by atoms with Gasteiger partial charge in [0.2, 0.25) is 11.8 Å². The van der Waals surface area contributed by atoms with Crippen molar-refractivity contribution in [3.8, 4) is 0 Å². The zero-order chi connectivity index (χ0) is 11.9. The molecule has 0 aliphatic rings. The highest BCUT2D eigenvalue weighted by Gasteiger charge is 2.19. The van der Waals surface area contributed by atoms with Crippen LogP contribution in [0.2, 0.25) is 0 Å². The van der Waals surface area contributed by atoms with Gasteiger partial charge in [-0.25, -0.2) is 9.97 Å². The Hall–Kier alpha value is -1.78. The molecule has 2 aromatic rings. The minimum atomic E-state index is 0.647. The third kappa shape index (κ3) is 1.68. The monoisotopic (exact) mass is 221 g/mol. The number of aromatic nitrogens is 2. The molecule has 16 heavy (non-hydrogen) atoms. The Kier molecular flexibility index (Phi) is 2.46. The molecule has 86 valence electrons. The number of hydrogen-bond donors (Lipinski definition) is 0. The number of aryl methyl sites for hydroxylation is 4. The Morgan fingerprint density at radius 2 is 1.19 bits per heavy atom. The highest BCUT2D eigenvalue weighted by molar-refractivity contribution is 5.55. The average Bonchev–Trinajstić information content (AvgIpc) is 2.68. The van der Waals surface area contributed by atoms with Crippen molar-refractivity contribution in [2.75, 3.05) is 11.9 Å². The molecule has 2 aromatic heterocycles. The van der Waals surface area contributed by atoms with Crippen molar-refractivity contribution in [3.05, 3.63) is 23.2 Å². The van der Waals surface area contributed by atoms with Crippen LogP contribution in [0.4, 0.5) is 11.8 Å². The topological polar surface area (TPSA) is 55.3 Å². The number of anilines is 2. The molecule has 0 atom stereocenters. The van der Waals surface area contributed by atoms with E-state index in [1.54, 1.807) is 0 Å². The normalized spacial score (nSPS) is 10.8. The van der Waals surface area contributed by atoms with E-state index in [0.717, 1.165) is 11.4 Å². The van der Waals surface area contributed by atoms with Crippen molar-refractivity contribution in [2.45, 2.75) is 27.7 Å². The lowest BCUT2D eigenvalue weighted by Gasteiger charge is -2.13. The largest absolute Gasteiger partial charge is 0.425 e. The summed E-state index contributed by atoms with van der Waals surface area (Å²) in [6, 6.07) is 0. The van der Waals surface area contributed by atoms with Crippen LogP contribution in [0.15, 0.2) is 8.83 Å². The Balaban J connectivity index is 2.42. The maximum Gasteiger partial charge on any atom is 0.225 e. The average molecular weight is 221 g/mol. The molecule has 0 amide bonds. The van der Waals surface area contributed by atoms with E-state index in [0.29, 0.717) is 23.5 Å². The molecule has 0 radical (unpaired) electrons. The van der Waals surface area contributed by atoms with Gasteiger partial charge in [0.25, 0.3) is 0 Å². The van der Waals surface area contributed by atoms with Crippen molar-refractivity contribution in [3.63, 3.8) is 0 Å². The number of oxazole rings is 2. The number of hydrogen-bond acceptors (Lipinski definition) is 5. The van der Waals surface area contributed by atoms with E-state index >= 15 is 0 Å². The van der Waals surface area contributed by atoms with Crippen LogP contribution in [0.25, 0.3) is 0 Å². The minimum absolute atomic E-state index is 0.647. The van der Waals surface area contributed by atoms with Gasteiger partial charge < -0.3 is 8.83 Å². The molecule has 0 bridgehead atoms. The third-order valence-electron chi connectivity index (χ3n) is 2.37. The zero-order valence-electron chi connectivity index (χ0n) is 10.2. The molecule has 0 saturated carbocycles. The number of rotatable bonds is 2. The molecular formula is C11H15N3O2. The maximum absolute atomic E-state index is 5.52. The molecular weight excluding hydrogens is 206 g/mol. The summed E-state index contributed by atoms with van der Waals surface area (Å²) in [5.41, 5.74) is 1.68. The fourth-order valence-electron chi connectivity index (χ4n) is 1.76. The molecule has 0 fully saturated rings. The summed E-state index contributed by atoms with van der Waals surface area (Å²) in [7, 11) is 1.87. The number of nitrogens with zero attached hydrogens (tertiary/aromatic N) is 3. The molecule has 0 N–H and O–H groups in total. The van der Waals surface area contributed by atoms with E-state index in [9.17, 15) is 0 Å². The summed E-state index contributed by atoms with van der Waals surface area (Å²) in [6.07, 6.45) is 0. The summed E-state index contributed by atoms with van der Waals surface area (Å²) in [5.74, 6) is 2.68. The van der Waals surface area contributed by atoms with Crippen molar-refractivity contribution in [2.24, 2.45) is 0 Å². The standard InChI is InChI=1S/C11H15N3O2/c1-6-10(15-8(3)12-6)14(5)11-7(2)13-9(4)16-11/h1-5H3. The molecule has 0 aliphatic heterocycles. The van der Waals surface area contributed by atoms with Crippen molar-refractivity contribution in [1.82, 2.24) is 9.97 Å². The predicted molar refractivity (Wildman–Crippen MR) is 60.0 cm³/mol. The molecule has 0 saturated heterocycles. The fraction of sp³-hybridized carbons (Fsp3) is 0.455. The van der Waals surface area contributed by atoms with Gasteiger partial charge in [0.05, 0.1) is 0 Å². The highest BCUT2D eigenvalue weighted by Crippen LogP contribution is 2.30. The molecule has 2 heterocycles. The van der Waals surface area contributed by atoms with Gasteiger partial charge in [-0.1, -0.05) is 0 Å². The first kappa shape index (κ1) is 10.7. The Labute approximate surface area is 94.1 Å². The van der Waals surface area contributed by atoms with Gasteiger partial charge in [0.15, 0.2) is 11.8 Å². The van der Waals surface area contributed by atoms with Crippen LogP contribution in [0.1, 0.15) is 23.2 Å². The quantitative estimate of drug-likeness (QED) is 0.780. The summed E-state index contributed by atoms with van der Waals surface area (Å²) >= 11 is 0.